The van der Waals surface area contributed by atoms with Crippen LogP contribution in [0.3, 0.4) is 0 Å². The molecule has 0 N–H and O–H groups in total. The fourth-order valence-electron chi connectivity index (χ4n) is 1.87. The highest BCUT2D eigenvalue weighted by Crippen LogP contribution is 2.27. The first kappa shape index (κ1) is 19.5. The normalized spacial score (nSPS) is 10.7. The minimum atomic E-state index is -1.77. The maximum atomic E-state index is 12.3. The van der Waals surface area contributed by atoms with E-state index in [4.69, 9.17) is 9.47 Å². The Hall–Kier alpha value is -3.82. The largest absolute Gasteiger partial charge is 0.425 e. The molecule has 0 aliphatic rings. The van der Waals surface area contributed by atoms with Crippen molar-refractivity contribution in [3.8, 4) is 11.5 Å². The third-order valence-electron chi connectivity index (χ3n) is 3.50. The second-order valence-electron chi connectivity index (χ2n) is 5.91. The van der Waals surface area contributed by atoms with Crippen molar-refractivity contribution in [1.29, 1.82) is 0 Å². The van der Waals surface area contributed by atoms with E-state index < -0.39 is 27.2 Å². The van der Waals surface area contributed by atoms with Crippen LogP contribution >= 0.6 is 0 Å². The van der Waals surface area contributed by atoms with Gasteiger partial charge in [0.05, 0.1) is 22.0 Å². The van der Waals surface area contributed by atoms with Gasteiger partial charge in [-0.1, -0.05) is 12.1 Å². The van der Waals surface area contributed by atoms with Crippen molar-refractivity contribution in [3.05, 3.63) is 68.8 Å². The van der Waals surface area contributed by atoms with Gasteiger partial charge in [-0.3, -0.25) is 29.8 Å². The molecule has 0 radical (unpaired) electrons. The van der Waals surface area contributed by atoms with Crippen molar-refractivity contribution in [2.24, 2.45) is 5.41 Å². The van der Waals surface area contributed by atoms with Gasteiger partial charge in [0, 0.05) is 12.1 Å². The maximum Gasteiger partial charge on any atom is 0.328 e. The van der Waals surface area contributed by atoms with Gasteiger partial charge in [0.2, 0.25) is 0 Å². The molecule has 0 aromatic heterocycles. The second-order valence-corrected chi connectivity index (χ2v) is 5.91. The summed E-state index contributed by atoms with van der Waals surface area (Å²) in [5.41, 5.74) is -2.33. The third-order valence-corrected chi connectivity index (χ3v) is 3.50. The summed E-state index contributed by atoms with van der Waals surface area (Å²) < 4.78 is 10.1. The van der Waals surface area contributed by atoms with Crippen molar-refractivity contribution in [2.45, 2.75) is 13.8 Å². The Morgan fingerprint density at radius 2 is 1.19 bits per heavy atom. The lowest BCUT2D eigenvalue weighted by Gasteiger charge is -2.20. The molecule has 0 fully saturated rings. The number of nitro groups is 2. The number of hydrogen-bond donors (Lipinski definition) is 0. The Morgan fingerprint density at radius 1 is 0.815 bits per heavy atom. The first-order valence-electron chi connectivity index (χ1n) is 7.54. The van der Waals surface area contributed by atoms with Crippen LogP contribution in [0, 0.1) is 25.6 Å². The van der Waals surface area contributed by atoms with Crippen LogP contribution in [0.1, 0.15) is 13.8 Å². The lowest BCUT2D eigenvalue weighted by molar-refractivity contribution is -0.385. The van der Waals surface area contributed by atoms with Crippen molar-refractivity contribution >= 4 is 23.3 Å². The predicted octanol–water partition coefficient (Wildman–Crippen LogP) is 3.04. The number of nitro benzene ring substituents is 2. The van der Waals surface area contributed by atoms with Crippen LogP contribution < -0.4 is 9.47 Å². The Balaban J connectivity index is 2.14. The molecule has 0 amide bonds. The highest BCUT2D eigenvalue weighted by molar-refractivity contribution is 6.00. The lowest BCUT2D eigenvalue weighted by atomic mass is 9.94. The van der Waals surface area contributed by atoms with Gasteiger partial charge < -0.3 is 9.47 Å². The van der Waals surface area contributed by atoms with Crippen LogP contribution in [0.4, 0.5) is 11.4 Å². The van der Waals surface area contributed by atoms with Gasteiger partial charge in [0.15, 0.2) is 5.41 Å². The number of carbonyl (C=O) groups excluding carboxylic acids is 2. The third kappa shape index (κ3) is 4.63. The number of hydrogen-bond acceptors (Lipinski definition) is 8. The quantitative estimate of drug-likeness (QED) is 0.247. The van der Waals surface area contributed by atoms with Crippen LogP contribution in [0.25, 0.3) is 0 Å². The van der Waals surface area contributed by atoms with E-state index in [-0.39, 0.29) is 22.9 Å². The molecule has 0 bridgehead atoms. The van der Waals surface area contributed by atoms with E-state index in [9.17, 15) is 29.8 Å². The maximum absolute atomic E-state index is 12.3. The van der Waals surface area contributed by atoms with Gasteiger partial charge in [0.25, 0.3) is 11.4 Å². The Labute approximate surface area is 152 Å². The van der Waals surface area contributed by atoms with Crippen LogP contribution in [0.15, 0.2) is 48.5 Å². The van der Waals surface area contributed by atoms with E-state index in [2.05, 4.69) is 0 Å². The smallest absolute Gasteiger partial charge is 0.328 e. The Morgan fingerprint density at radius 3 is 1.52 bits per heavy atom. The van der Waals surface area contributed by atoms with Crippen molar-refractivity contribution in [3.63, 3.8) is 0 Å². The van der Waals surface area contributed by atoms with E-state index in [1.54, 1.807) is 0 Å². The number of ether oxygens (including phenoxy) is 2. The molecule has 140 valence electrons. The van der Waals surface area contributed by atoms with Crippen LogP contribution in [0.2, 0.25) is 0 Å². The molecule has 0 aliphatic heterocycles. The summed E-state index contributed by atoms with van der Waals surface area (Å²) in [5, 5.41) is 21.5. The van der Waals surface area contributed by atoms with Crippen molar-refractivity contribution < 1.29 is 28.9 Å². The van der Waals surface area contributed by atoms with Crippen LogP contribution in [-0.2, 0) is 9.59 Å². The molecule has 0 heterocycles. The van der Waals surface area contributed by atoms with Gasteiger partial charge in [-0.15, -0.1) is 0 Å². The van der Waals surface area contributed by atoms with Gasteiger partial charge in [-0.05, 0) is 26.0 Å². The number of benzene rings is 2. The van der Waals surface area contributed by atoms with Gasteiger partial charge in [-0.2, -0.15) is 0 Å². The number of non-ortho nitro benzene ring substituents is 2. The fourth-order valence-corrected chi connectivity index (χ4v) is 1.87. The summed E-state index contributed by atoms with van der Waals surface area (Å²) in [4.78, 5) is 44.9. The average Bonchev–Trinajstić information content (AvgIpc) is 2.61. The van der Waals surface area contributed by atoms with E-state index in [0.717, 1.165) is 12.1 Å². The highest BCUT2D eigenvalue weighted by Gasteiger charge is 2.40. The zero-order chi connectivity index (χ0) is 20.2. The minimum Gasteiger partial charge on any atom is -0.425 e. The first-order valence-corrected chi connectivity index (χ1v) is 7.54. The predicted molar refractivity (Wildman–Crippen MR) is 91.2 cm³/mol. The fraction of sp³-hybridized carbons (Fsp3) is 0.176. The summed E-state index contributed by atoms with van der Waals surface area (Å²) in [7, 11) is 0. The minimum absolute atomic E-state index is 0.106. The van der Waals surface area contributed by atoms with E-state index in [0.29, 0.717) is 0 Å². The highest BCUT2D eigenvalue weighted by atomic mass is 16.6. The molecule has 0 atom stereocenters. The molecule has 2 aromatic rings. The Kier molecular flexibility index (Phi) is 5.49. The van der Waals surface area contributed by atoms with Gasteiger partial charge in [-0.25, -0.2) is 0 Å². The molecule has 0 aliphatic carbocycles. The summed E-state index contributed by atoms with van der Waals surface area (Å²) in [5.74, 6) is -2.22. The van der Waals surface area contributed by atoms with Crippen LogP contribution in [0.5, 0.6) is 11.5 Å². The molecular weight excluding hydrogens is 360 g/mol. The number of rotatable bonds is 6. The summed E-state index contributed by atoms with van der Waals surface area (Å²) in [6.45, 7) is 2.48. The van der Waals surface area contributed by atoms with E-state index >= 15 is 0 Å². The number of esters is 2. The van der Waals surface area contributed by atoms with Gasteiger partial charge >= 0.3 is 11.9 Å². The molecule has 0 saturated carbocycles. The SMILES string of the molecule is CC(C)(C(=O)Oc1cccc([N+](=O)[O-])c1)C(=O)Oc1cccc([N+](=O)[O-])c1. The van der Waals surface area contributed by atoms with Gasteiger partial charge in [0.1, 0.15) is 11.5 Å². The standard InChI is InChI=1S/C17H14N2O8/c1-17(2,15(20)26-13-7-3-5-11(9-13)18(22)23)16(21)27-14-8-4-6-12(10-14)19(24)25/h3-10H,1-2H3. The number of nitrogens with zero attached hydrogens (tertiary/aromatic N) is 2. The summed E-state index contributed by atoms with van der Waals surface area (Å²) in [6.07, 6.45) is 0. The Bertz CT molecular complexity index is 849. The van der Waals surface area contributed by atoms with Crippen LogP contribution in [-0.4, -0.2) is 21.8 Å². The van der Waals surface area contributed by atoms with Crippen molar-refractivity contribution in [2.75, 3.05) is 0 Å². The zero-order valence-corrected chi connectivity index (χ0v) is 14.3. The molecule has 10 heteroatoms. The second kappa shape index (κ2) is 7.60. The molecule has 2 aromatic carbocycles. The molecule has 0 unspecified atom stereocenters. The molecule has 2 rings (SSSR count). The summed E-state index contributed by atoms with van der Waals surface area (Å²) >= 11 is 0. The monoisotopic (exact) mass is 374 g/mol. The first-order chi connectivity index (χ1) is 12.6. The number of carbonyl (C=O) groups is 2. The molecular formula is C17H14N2O8. The molecule has 0 spiro atoms. The molecule has 27 heavy (non-hydrogen) atoms. The lowest BCUT2D eigenvalue weighted by Crippen LogP contribution is -2.39. The molecule has 10 nitrogen and oxygen atoms in total. The topological polar surface area (TPSA) is 139 Å². The average molecular weight is 374 g/mol. The molecule has 0 saturated heterocycles. The zero-order valence-electron chi connectivity index (χ0n) is 14.3. The van der Waals surface area contributed by atoms with E-state index in [1.807, 2.05) is 0 Å². The van der Waals surface area contributed by atoms with E-state index in [1.165, 1.54) is 50.2 Å². The van der Waals surface area contributed by atoms with Crippen molar-refractivity contribution in [1.82, 2.24) is 0 Å². The summed E-state index contributed by atoms with van der Waals surface area (Å²) in [6, 6.07) is 9.84.